The van der Waals surface area contributed by atoms with Crippen LogP contribution < -0.4 is 0 Å². The third-order valence-electron chi connectivity index (χ3n) is 1.99. The SMILES string of the molecule is CCCCCCCCCC(O)=S.[Ni]. The summed E-state index contributed by atoms with van der Waals surface area (Å²) in [4.78, 5) is 0. The molecule has 0 unspecified atom stereocenters. The van der Waals surface area contributed by atoms with Gasteiger partial charge < -0.3 is 5.11 Å². The van der Waals surface area contributed by atoms with E-state index in [0.29, 0.717) is 6.42 Å². The van der Waals surface area contributed by atoms with E-state index >= 15 is 0 Å². The van der Waals surface area contributed by atoms with Crippen LogP contribution in [0.4, 0.5) is 0 Å². The Hall–Kier alpha value is 0.384. The van der Waals surface area contributed by atoms with Gasteiger partial charge in [0.25, 0.3) is 0 Å². The molecule has 0 aromatic rings. The second-order valence-electron chi connectivity index (χ2n) is 3.27. The van der Waals surface area contributed by atoms with Gasteiger partial charge in [-0.3, -0.25) is 0 Å². The average molecular weight is 247 g/mol. The van der Waals surface area contributed by atoms with Crippen molar-refractivity contribution in [3.05, 3.63) is 0 Å². The molecule has 0 heterocycles. The summed E-state index contributed by atoms with van der Waals surface area (Å²) in [6.45, 7) is 2.23. The van der Waals surface area contributed by atoms with Crippen LogP contribution in [0.15, 0.2) is 0 Å². The van der Waals surface area contributed by atoms with E-state index < -0.39 is 0 Å². The summed E-state index contributed by atoms with van der Waals surface area (Å²) >= 11 is 4.57. The number of thiocarbonyl (C=S) groups is 1. The standard InChI is InChI=1S/C10H20OS.Ni/c1-2-3-4-5-6-7-8-9-10(11)12;/h2-9H2,1H3,(H,11,12);. The van der Waals surface area contributed by atoms with Gasteiger partial charge in [0.15, 0.2) is 5.05 Å². The Balaban J connectivity index is 0. The number of rotatable bonds is 8. The first-order chi connectivity index (χ1) is 5.77. The number of aliphatic hydroxyl groups is 1. The van der Waals surface area contributed by atoms with Gasteiger partial charge in [0, 0.05) is 22.9 Å². The molecule has 0 aliphatic rings. The largest absolute Gasteiger partial charge is 0.502 e. The minimum Gasteiger partial charge on any atom is -0.502 e. The number of hydrogen-bond donors (Lipinski definition) is 1. The molecular weight excluding hydrogens is 227 g/mol. The molecule has 0 aromatic carbocycles. The molecule has 0 amide bonds. The van der Waals surface area contributed by atoms with E-state index in [1.165, 1.54) is 38.5 Å². The first-order valence-corrected chi connectivity index (χ1v) is 5.40. The summed E-state index contributed by atoms with van der Waals surface area (Å²) in [5.41, 5.74) is 0. The summed E-state index contributed by atoms with van der Waals surface area (Å²) in [5.74, 6) is 0. The van der Waals surface area contributed by atoms with Gasteiger partial charge in [0.2, 0.25) is 0 Å². The second-order valence-corrected chi connectivity index (χ2v) is 3.74. The fraction of sp³-hybridized carbons (Fsp3) is 0.900. The second kappa shape index (κ2) is 12.4. The topological polar surface area (TPSA) is 20.2 Å². The van der Waals surface area contributed by atoms with Crippen LogP contribution in [0.25, 0.3) is 0 Å². The maximum Gasteiger partial charge on any atom is 0.156 e. The zero-order valence-corrected chi connectivity index (χ0v) is 10.1. The van der Waals surface area contributed by atoms with E-state index in [1.54, 1.807) is 0 Å². The van der Waals surface area contributed by atoms with Crippen molar-refractivity contribution in [3.63, 3.8) is 0 Å². The van der Waals surface area contributed by atoms with Gasteiger partial charge in [-0.05, 0) is 18.6 Å². The Morgan fingerprint density at radius 2 is 1.46 bits per heavy atom. The molecule has 0 saturated carbocycles. The van der Waals surface area contributed by atoms with Crippen LogP contribution in [0.3, 0.4) is 0 Å². The van der Waals surface area contributed by atoms with Crippen molar-refractivity contribution in [3.8, 4) is 0 Å². The third-order valence-corrected chi connectivity index (χ3v) is 2.20. The minimum absolute atomic E-state index is 0. The fourth-order valence-corrected chi connectivity index (χ4v) is 1.38. The zero-order chi connectivity index (χ0) is 9.23. The van der Waals surface area contributed by atoms with Gasteiger partial charge in [0.05, 0.1) is 0 Å². The molecule has 0 aromatic heterocycles. The van der Waals surface area contributed by atoms with E-state index in [-0.39, 0.29) is 21.5 Å². The van der Waals surface area contributed by atoms with Crippen molar-refractivity contribution < 1.29 is 21.6 Å². The number of unbranched alkanes of at least 4 members (excludes halogenated alkanes) is 6. The van der Waals surface area contributed by atoms with Crippen molar-refractivity contribution in [2.45, 2.75) is 58.3 Å². The molecule has 3 heteroatoms. The Morgan fingerprint density at radius 1 is 1.00 bits per heavy atom. The number of aliphatic hydroxyl groups excluding tert-OH is 1. The Morgan fingerprint density at radius 3 is 1.92 bits per heavy atom. The molecule has 82 valence electrons. The molecule has 0 saturated heterocycles. The average Bonchev–Trinajstić information content (AvgIpc) is 2.02. The quantitative estimate of drug-likeness (QED) is 0.397. The van der Waals surface area contributed by atoms with Gasteiger partial charge in [-0.25, -0.2) is 0 Å². The summed E-state index contributed by atoms with van der Waals surface area (Å²) in [6, 6.07) is 0. The summed E-state index contributed by atoms with van der Waals surface area (Å²) in [5, 5.41) is 8.89. The summed E-state index contributed by atoms with van der Waals surface area (Å²) in [6.07, 6.45) is 9.64. The van der Waals surface area contributed by atoms with Crippen LogP contribution in [0.1, 0.15) is 58.3 Å². The zero-order valence-electron chi connectivity index (χ0n) is 8.33. The van der Waals surface area contributed by atoms with Crippen LogP contribution in [0.2, 0.25) is 0 Å². The Kier molecular flexibility index (Phi) is 15.1. The van der Waals surface area contributed by atoms with E-state index in [0.717, 1.165) is 6.42 Å². The van der Waals surface area contributed by atoms with Crippen LogP contribution >= 0.6 is 12.2 Å². The molecule has 0 fully saturated rings. The molecule has 0 aliphatic carbocycles. The van der Waals surface area contributed by atoms with Crippen molar-refractivity contribution in [2.75, 3.05) is 0 Å². The molecule has 0 rings (SSSR count). The van der Waals surface area contributed by atoms with Gasteiger partial charge in [0.1, 0.15) is 0 Å². The molecule has 0 radical (unpaired) electrons. The number of hydrogen-bond acceptors (Lipinski definition) is 1. The predicted octanol–water partition coefficient (Wildman–Crippen LogP) is 4.01. The molecule has 0 spiro atoms. The minimum atomic E-state index is 0. The van der Waals surface area contributed by atoms with E-state index in [9.17, 15) is 0 Å². The van der Waals surface area contributed by atoms with Crippen LogP contribution in [0.5, 0.6) is 0 Å². The Bertz CT molecular complexity index is 117. The molecular formula is C10H20NiOS. The molecule has 0 atom stereocenters. The van der Waals surface area contributed by atoms with Gasteiger partial charge in [-0.15, -0.1) is 0 Å². The van der Waals surface area contributed by atoms with Crippen LogP contribution in [-0.2, 0) is 16.5 Å². The molecule has 1 N–H and O–H groups in total. The van der Waals surface area contributed by atoms with Crippen LogP contribution in [0, 0.1) is 0 Å². The van der Waals surface area contributed by atoms with E-state index in [2.05, 4.69) is 19.1 Å². The van der Waals surface area contributed by atoms with Crippen molar-refractivity contribution in [1.82, 2.24) is 0 Å². The molecule has 1 nitrogen and oxygen atoms in total. The maximum atomic E-state index is 8.72. The molecule has 13 heavy (non-hydrogen) atoms. The molecule has 0 aliphatic heterocycles. The normalized spacial score (nSPS) is 9.31. The monoisotopic (exact) mass is 246 g/mol. The van der Waals surface area contributed by atoms with Gasteiger partial charge >= 0.3 is 0 Å². The van der Waals surface area contributed by atoms with E-state index in [4.69, 9.17) is 5.11 Å². The van der Waals surface area contributed by atoms with Crippen molar-refractivity contribution in [2.24, 2.45) is 0 Å². The first kappa shape index (κ1) is 15.8. The molecule has 0 bridgehead atoms. The maximum absolute atomic E-state index is 8.72. The first-order valence-electron chi connectivity index (χ1n) is 4.99. The Labute approximate surface area is 97.2 Å². The summed E-state index contributed by atoms with van der Waals surface area (Å²) < 4.78 is 0. The van der Waals surface area contributed by atoms with E-state index in [1.807, 2.05) is 0 Å². The smallest absolute Gasteiger partial charge is 0.156 e. The van der Waals surface area contributed by atoms with Gasteiger partial charge in [-0.1, -0.05) is 45.4 Å². The van der Waals surface area contributed by atoms with Crippen molar-refractivity contribution >= 4 is 17.3 Å². The third kappa shape index (κ3) is 15.2. The fourth-order valence-electron chi connectivity index (χ4n) is 1.23. The van der Waals surface area contributed by atoms with Crippen LogP contribution in [-0.4, -0.2) is 10.2 Å². The summed E-state index contributed by atoms with van der Waals surface area (Å²) in [7, 11) is 0. The van der Waals surface area contributed by atoms with Crippen molar-refractivity contribution in [1.29, 1.82) is 0 Å². The van der Waals surface area contributed by atoms with Gasteiger partial charge in [-0.2, -0.15) is 0 Å². The predicted molar refractivity (Wildman–Crippen MR) is 57.8 cm³/mol.